The van der Waals surface area contributed by atoms with Gasteiger partial charge in [0.25, 0.3) is 0 Å². The highest BCUT2D eigenvalue weighted by Gasteiger charge is 2.31. The van der Waals surface area contributed by atoms with Crippen LogP contribution in [0.15, 0.2) is 30.3 Å². The number of hydrogen-bond acceptors (Lipinski definition) is 1. The summed E-state index contributed by atoms with van der Waals surface area (Å²) in [7, 11) is 0. The molecule has 1 N–H and O–H groups in total. The van der Waals surface area contributed by atoms with Gasteiger partial charge >= 0.3 is 0 Å². The molecule has 2 aliphatic carbocycles. The van der Waals surface area contributed by atoms with Gasteiger partial charge in [0.15, 0.2) is 0 Å². The van der Waals surface area contributed by atoms with Gasteiger partial charge in [-0.25, -0.2) is 0 Å². The number of hydrogen-bond donors (Lipinski definition) is 1. The number of benzene rings is 1. The van der Waals surface area contributed by atoms with Crippen molar-refractivity contribution in [1.82, 2.24) is 5.32 Å². The summed E-state index contributed by atoms with van der Waals surface area (Å²) in [5.41, 5.74) is 1.53. The van der Waals surface area contributed by atoms with Crippen molar-refractivity contribution >= 4 is 0 Å². The molecule has 18 heavy (non-hydrogen) atoms. The van der Waals surface area contributed by atoms with E-state index in [1.165, 1.54) is 44.2 Å². The van der Waals surface area contributed by atoms with E-state index in [2.05, 4.69) is 42.6 Å². The molecule has 1 heteroatoms. The van der Waals surface area contributed by atoms with E-state index in [1.54, 1.807) is 0 Å². The van der Waals surface area contributed by atoms with E-state index in [9.17, 15) is 0 Å². The Morgan fingerprint density at radius 2 is 1.89 bits per heavy atom. The first-order valence-corrected chi connectivity index (χ1v) is 7.61. The average Bonchev–Trinajstić information content (AvgIpc) is 2.74. The average molecular weight is 243 g/mol. The molecule has 2 saturated carbocycles. The molecule has 98 valence electrons. The van der Waals surface area contributed by atoms with Gasteiger partial charge in [-0.05, 0) is 49.1 Å². The molecule has 1 aromatic rings. The molecule has 2 aliphatic rings. The van der Waals surface area contributed by atoms with Gasteiger partial charge in [-0.15, -0.1) is 0 Å². The standard InChI is InChI=1S/C17H25N/c1-13-6-5-9-15(13)12-18-17-10-16(11-17)14-7-3-2-4-8-14/h2-4,7-8,13,15-18H,5-6,9-12H2,1H3. The molecular formula is C17H25N. The number of rotatable bonds is 4. The van der Waals surface area contributed by atoms with Gasteiger partial charge in [-0.3, -0.25) is 0 Å². The zero-order valence-electron chi connectivity index (χ0n) is 11.4. The normalized spacial score (nSPS) is 35.4. The molecule has 0 bridgehead atoms. The third kappa shape index (κ3) is 2.61. The minimum Gasteiger partial charge on any atom is -0.314 e. The van der Waals surface area contributed by atoms with Gasteiger partial charge in [0.1, 0.15) is 0 Å². The molecule has 0 heterocycles. The monoisotopic (exact) mass is 243 g/mol. The Morgan fingerprint density at radius 3 is 2.56 bits per heavy atom. The Morgan fingerprint density at radius 1 is 1.11 bits per heavy atom. The van der Waals surface area contributed by atoms with Gasteiger partial charge in [-0.2, -0.15) is 0 Å². The summed E-state index contributed by atoms with van der Waals surface area (Å²) in [6.07, 6.45) is 7.02. The highest BCUT2D eigenvalue weighted by Crippen LogP contribution is 2.37. The smallest absolute Gasteiger partial charge is 0.00788 e. The van der Waals surface area contributed by atoms with Crippen LogP contribution in [-0.2, 0) is 0 Å². The van der Waals surface area contributed by atoms with Gasteiger partial charge < -0.3 is 5.32 Å². The quantitative estimate of drug-likeness (QED) is 0.844. The third-order valence-electron chi connectivity index (χ3n) is 5.12. The molecule has 2 unspecified atom stereocenters. The second-order valence-corrected chi connectivity index (χ2v) is 6.35. The van der Waals surface area contributed by atoms with Crippen molar-refractivity contribution in [2.45, 2.75) is 51.0 Å². The summed E-state index contributed by atoms with van der Waals surface area (Å²) in [4.78, 5) is 0. The van der Waals surface area contributed by atoms with Gasteiger partial charge in [0.2, 0.25) is 0 Å². The predicted molar refractivity (Wildman–Crippen MR) is 76.7 cm³/mol. The van der Waals surface area contributed by atoms with Crippen molar-refractivity contribution in [3.63, 3.8) is 0 Å². The third-order valence-corrected chi connectivity index (χ3v) is 5.12. The number of nitrogens with one attached hydrogen (secondary N) is 1. The summed E-state index contributed by atoms with van der Waals surface area (Å²) >= 11 is 0. The first kappa shape index (κ1) is 12.2. The van der Waals surface area contributed by atoms with Crippen molar-refractivity contribution in [3.8, 4) is 0 Å². The van der Waals surface area contributed by atoms with Crippen LogP contribution in [0.2, 0.25) is 0 Å². The lowest BCUT2D eigenvalue weighted by Gasteiger charge is -2.37. The lowest BCUT2D eigenvalue weighted by Crippen LogP contribution is -2.42. The van der Waals surface area contributed by atoms with E-state index < -0.39 is 0 Å². The van der Waals surface area contributed by atoms with E-state index in [0.29, 0.717) is 0 Å². The highest BCUT2D eigenvalue weighted by atomic mass is 14.9. The molecule has 1 nitrogen and oxygen atoms in total. The van der Waals surface area contributed by atoms with E-state index in [4.69, 9.17) is 0 Å². The van der Waals surface area contributed by atoms with E-state index in [-0.39, 0.29) is 0 Å². The topological polar surface area (TPSA) is 12.0 Å². The first-order chi connectivity index (χ1) is 8.83. The van der Waals surface area contributed by atoms with Crippen LogP contribution >= 0.6 is 0 Å². The van der Waals surface area contributed by atoms with Crippen molar-refractivity contribution in [1.29, 1.82) is 0 Å². The highest BCUT2D eigenvalue weighted by molar-refractivity contribution is 5.22. The molecule has 1 aromatic carbocycles. The van der Waals surface area contributed by atoms with Crippen LogP contribution in [0.25, 0.3) is 0 Å². The summed E-state index contributed by atoms with van der Waals surface area (Å²) in [6, 6.07) is 11.8. The van der Waals surface area contributed by atoms with Gasteiger partial charge in [-0.1, -0.05) is 50.1 Å². The molecule has 0 radical (unpaired) electrons. The second kappa shape index (κ2) is 5.44. The van der Waals surface area contributed by atoms with Crippen LogP contribution in [0, 0.1) is 11.8 Å². The van der Waals surface area contributed by atoms with Crippen LogP contribution in [0.4, 0.5) is 0 Å². The summed E-state index contributed by atoms with van der Waals surface area (Å²) < 4.78 is 0. The Labute approximate surface area is 111 Å². The minimum atomic E-state index is 0.781. The van der Waals surface area contributed by atoms with E-state index >= 15 is 0 Å². The van der Waals surface area contributed by atoms with Crippen LogP contribution in [0.5, 0.6) is 0 Å². The summed E-state index contributed by atoms with van der Waals surface area (Å²) in [6.45, 7) is 3.68. The lowest BCUT2D eigenvalue weighted by molar-refractivity contribution is 0.264. The predicted octanol–water partition coefficient (Wildman–Crippen LogP) is 3.96. The molecule has 0 amide bonds. The SMILES string of the molecule is CC1CCCC1CNC1CC(c2ccccc2)C1. The second-order valence-electron chi connectivity index (χ2n) is 6.35. The molecular weight excluding hydrogens is 218 g/mol. The molecule has 0 aliphatic heterocycles. The summed E-state index contributed by atoms with van der Waals surface area (Å²) in [5, 5.41) is 3.79. The fourth-order valence-electron chi connectivity index (χ4n) is 3.63. The molecule has 0 aromatic heterocycles. The maximum absolute atomic E-state index is 3.79. The van der Waals surface area contributed by atoms with Crippen molar-refractivity contribution in [2.24, 2.45) is 11.8 Å². The molecule has 0 spiro atoms. The minimum absolute atomic E-state index is 0.781. The van der Waals surface area contributed by atoms with Gasteiger partial charge in [0, 0.05) is 6.04 Å². The van der Waals surface area contributed by atoms with Crippen LogP contribution < -0.4 is 5.32 Å². The largest absolute Gasteiger partial charge is 0.314 e. The summed E-state index contributed by atoms with van der Waals surface area (Å²) in [5.74, 6) is 2.70. The zero-order valence-corrected chi connectivity index (χ0v) is 11.4. The van der Waals surface area contributed by atoms with Crippen LogP contribution in [0.3, 0.4) is 0 Å². The maximum atomic E-state index is 3.79. The van der Waals surface area contributed by atoms with Crippen LogP contribution in [-0.4, -0.2) is 12.6 Å². The molecule has 0 saturated heterocycles. The van der Waals surface area contributed by atoms with E-state index in [1.807, 2.05) is 0 Å². The lowest BCUT2D eigenvalue weighted by atomic mass is 9.75. The van der Waals surface area contributed by atoms with E-state index in [0.717, 1.165) is 23.8 Å². The fraction of sp³-hybridized carbons (Fsp3) is 0.647. The molecule has 2 fully saturated rings. The Balaban J connectivity index is 1.40. The fourth-order valence-corrected chi connectivity index (χ4v) is 3.63. The van der Waals surface area contributed by atoms with Crippen LogP contribution in [0.1, 0.15) is 50.5 Å². The van der Waals surface area contributed by atoms with Crippen molar-refractivity contribution < 1.29 is 0 Å². The van der Waals surface area contributed by atoms with Crippen molar-refractivity contribution in [3.05, 3.63) is 35.9 Å². The van der Waals surface area contributed by atoms with Crippen molar-refractivity contribution in [2.75, 3.05) is 6.54 Å². The molecule has 2 atom stereocenters. The van der Waals surface area contributed by atoms with Gasteiger partial charge in [0.05, 0.1) is 0 Å². The zero-order chi connectivity index (χ0) is 12.4. The molecule has 3 rings (SSSR count). The Hall–Kier alpha value is -0.820. The maximum Gasteiger partial charge on any atom is 0.00788 e. The Bertz CT molecular complexity index is 366. The Kier molecular flexibility index (Phi) is 3.69. The first-order valence-electron chi connectivity index (χ1n) is 7.61.